The van der Waals surface area contributed by atoms with Crippen LogP contribution in [0.5, 0.6) is 0 Å². The molecule has 0 bridgehead atoms. The van der Waals surface area contributed by atoms with Crippen LogP contribution in [-0.2, 0) is 4.74 Å². The van der Waals surface area contributed by atoms with Gasteiger partial charge in [0.05, 0.1) is 18.1 Å². The minimum atomic E-state index is -0.511. The van der Waals surface area contributed by atoms with Gasteiger partial charge in [-0.15, -0.1) is 0 Å². The lowest BCUT2D eigenvalue weighted by Gasteiger charge is -2.28. The third-order valence-electron chi connectivity index (χ3n) is 4.66. The van der Waals surface area contributed by atoms with Crippen molar-refractivity contribution in [1.29, 1.82) is 0 Å². The average Bonchev–Trinajstić information content (AvgIpc) is 3.19. The predicted molar refractivity (Wildman–Crippen MR) is 116 cm³/mol. The first kappa shape index (κ1) is 19.8. The first-order chi connectivity index (χ1) is 14.5. The van der Waals surface area contributed by atoms with E-state index in [1.165, 1.54) is 6.07 Å². The summed E-state index contributed by atoms with van der Waals surface area (Å²) in [7, 11) is 0. The summed E-state index contributed by atoms with van der Waals surface area (Å²) in [6, 6.07) is 13.6. The van der Waals surface area contributed by atoms with Gasteiger partial charge in [0, 0.05) is 30.2 Å². The van der Waals surface area contributed by atoms with E-state index in [9.17, 15) is 14.9 Å². The lowest BCUT2D eigenvalue weighted by atomic mass is 10.2. The molecule has 2 heterocycles. The molecule has 1 amide bonds. The number of ether oxygens (including phenoxy) is 1. The summed E-state index contributed by atoms with van der Waals surface area (Å²) < 4.78 is 10.8. The molecule has 3 aromatic rings. The van der Waals surface area contributed by atoms with Crippen molar-refractivity contribution in [3.8, 4) is 0 Å². The number of fused-ring (bicyclic) bond motifs is 1. The Hall–Kier alpha value is -3.50. The summed E-state index contributed by atoms with van der Waals surface area (Å²) >= 11 is 5.18. The summed E-state index contributed by atoms with van der Waals surface area (Å²) in [5.41, 5.74) is 1.46. The normalized spacial score (nSPS) is 13.8. The number of thiocarbonyl (C=S) groups is 1. The second-order valence-corrected chi connectivity index (χ2v) is 7.02. The number of carbonyl (C=O) groups is 1. The number of nitrogens with one attached hydrogen (secondary N) is 2. The first-order valence-corrected chi connectivity index (χ1v) is 9.64. The Bertz CT molecular complexity index is 1090. The molecular formula is C20H18N4O5S. The maximum atomic E-state index is 12.4. The number of anilines is 2. The average molecular weight is 426 g/mol. The molecule has 1 aliphatic heterocycles. The Morgan fingerprint density at radius 1 is 1.13 bits per heavy atom. The fraction of sp³-hybridized carbons (Fsp3) is 0.200. The van der Waals surface area contributed by atoms with Crippen LogP contribution in [0.1, 0.15) is 10.6 Å². The van der Waals surface area contributed by atoms with E-state index in [4.69, 9.17) is 21.4 Å². The summed E-state index contributed by atoms with van der Waals surface area (Å²) in [4.78, 5) is 25.4. The molecule has 1 aromatic heterocycles. The van der Waals surface area contributed by atoms with Gasteiger partial charge < -0.3 is 19.4 Å². The highest BCUT2D eigenvalue weighted by molar-refractivity contribution is 7.80. The molecule has 1 fully saturated rings. The van der Waals surface area contributed by atoms with Crippen molar-refractivity contribution >= 4 is 51.3 Å². The molecule has 9 nitrogen and oxygen atoms in total. The molecule has 0 aliphatic carbocycles. The van der Waals surface area contributed by atoms with Crippen LogP contribution in [0.15, 0.2) is 52.9 Å². The second kappa shape index (κ2) is 8.47. The minimum absolute atomic E-state index is 0.00822. The van der Waals surface area contributed by atoms with E-state index >= 15 is 0 Å². The van der Waals surface area contributed by atoms with Crippen LogP contribution in [0.25, 0.3) is 11.0 Å². The van der Waals surface area contributed by atoms with Crippen LogP contribution < -0.4 is 15.5 Å². The van der Waals surface area contributed by atoms with Gasteiger partial charge in [-0.3, -0.25) is 20.2 Å². The molecule has 0 saturated carbocycles. The Morgan fingerprint density at radius 2 is 1.90 bits per heavy atom. The molecule has 30 heavy (non-hydrogen) atoms. The van der Waals surface area contributed by atoms with Crippen LogP contribution in [0.2, 0.25) is 0 Å². The van der Waals surface area contributed by atoms with Gasteiger partial charge in [0.1, 0.15) is 11.3 Å². The molecule has 0 unspecified atom stereocenters. The summed E-state index contributed by atoms with van der Waals surface area (Å²) in [6.45, 7) is 2.21. The SMILES string of the molecule is O=C(NC(=S)Nc1ccc(N2CCOCC2)c([N+](=O)[O-])c1)c1cc2ccccc2o1. The molecule has 10 heteroatoms. The van der Waals surface area contributed by atoms with Gasteiger partial charge in [-0.1, -0.05) is 18.2 Å². The third-order valence-corrected chi connectivity index (χ3v) is 4.86. The maximum Gasteiger partial charge on any atom is 0.294 e. The van der Waals surface area contributed by atoms with Crippen LogP contribution in [0, 0.1) is 10.1 Å². The van der Waals surface area contributed by atoms with E-state index in [2.05, 4.69) is 10.6 Å². The van der Waals surface area contributed by atoms with Crippen molar-refractivity contribution in [2.45, 2.75) is 0 Å². The number of amides is 1. The molecule has 2 N–H and O–H groups in total. The van der Waals surface area contributed by atoms with E-state index in [0.29, 0.717) is 43.3 Å². The number of nitro groups is 1. The highest BCUT2D eigenvalue weighted by atomic mass is 32.1. The fourth-order valence-electron chi connectivity index (χ4n) is 3.24. The Labute approximate surface area is 176 Å². The smallest absolute Gasteiger partial charge is 0.294 e. The van der Waals surface area contributed by atoms with Gasteiger partial charge in [-0.2, -0.15) is 0 Å². The molecule has 4 rings (SSSR count). The number of benzene rings is 2. The predicted octanol–water partition coefficient (Wildman–Crippen LogP) is 3.30. The Balaban J connectivity index is 1.46. The highest BCUT2D eigenvalue weighted by Crippen LogP contribution is 2.31. The molecule has 0 radical (unpaired) electrons. The largest absolute Gasteiger partial charge is 0.451 e. The topological polar surface area (TPSA) is 110 Å². The van der Waals surface area contributed by atoms with E-state index in [1.54, 1.807) is 24.3 Å². The number of para-hydroxylation sites is 1. The number of furan rings is 1. The fourth-order valence-corrected chi connectivity index (χ4v) is 3.45. The zero-order valence-electron chi connectivity index (χ0n) is 15.8. The van der Waals surface area contributed by atoms with Crippen LogP contribution in [0.3, 0.4) is 0 Å². The highest BCUT2D eigenvalue weighted by Gasteiger charge is 2.22. The van der Waals surface area contributed by atoms with Crippen molar-refractivity contribution in [2.75, 3.05) is 36.5 Å². The number of hydrogen-bond acceptors (Lipinski definition) is 7. The monoisotopic (exact) mass is 426 g/mol. The molecule has 2 aromatic carbocycles. The molecule has 0 atom stereocenters. The van der Waals surface area contributed by atoms with E-state index in [1.807, 2.05) is 23.1 Å². The van der Waals surface area contributed by atoms with Gasteiger partial charge in [-0.25, -0.2) is 0 Å². The lowest BCUT2D eigenvalue weighted by molar-refractivity contribution is -0.384. The van der Waals surface area contributed by atoms with Gasteiger partial charge in [0.15, 0.2) is 10.9 Å². The first-order valence-electron chi connectivity index (χ1n) is 9.23. The molecular weight excluding hydrogens is 408 g/mol. The zero-order valence-corrected chi connectivity index (χ0v) is 16.6. The van der Waals surface area contributed by atoms with Crippen LogP contribution in [-0.4, -0.2) is 42.2 Å². The molecule has 1 saturated heterocycles. The van der Waals surface area contributed by atoms with Crippen molar-refractivity contribution < 1.29 is 18.9 Å². The number of morpholine rings is 1. The number of nitro benzene ring substituents is 1. The maximum absolute atomic E-state index is 12.4. The van der Waals surface area contributed by atoms with E-state index in [0.717, 1.165) is 5.39 Å². The van der Waals surface area contributed by atoms with Crippen LogP contribution in [0.4, 0.5) is 17.1 Å². The van der Waals surface area contributed by atoms with Crippen LogP contribution >= 0.6 is 12.2 Å². The number of carbonyl (C=O) groups excluding carboxylic acids is 1. The number of rotatable bonds is 4. The summed E-state index contributed by atoms with van der Waals surface area (Å²) in [5.74, 6) is -0.392. The second-order valence-electron chi connectivity index (χ2n) is 6.62. The summed E-state index contributed by atoms with van der Waals surface area (Å²) in [6.07, 6.45) is 0. The minimum Gasteiger partial charge on any atom is -0.451 e. The Kier molecular flexibility index (Phi) is 5.59. The van der Waals surface area contributed by atoms with Gasteiger partial charge >= 0.3 is 0 Å². The van der Waals surface area contributed by atoms with Crippen molar-refractivity contribution in [3.05, 3.63) is 64.4 Å². The van der Waals surface area contributed by atoms with Crippen molar-refractivity contribution in [1.82, 2.24) is 5.32 Å². The zero-order chi connectivity index (χ0) is 21.1. The Morgan fingerprint density at radius 3 is 2.63 bits per heavy atom. The number of hydrogen-bond donors (Lipinski definition) is 2. The summed E-state index contributed by atoms with van der Waals surface area (Å²) in [5, 5.41) is 17.7. The van der Waals surface area contributed by atoms with Gasteiger partial charge in [-0.05, 0) is 36.5 Å². The molecule has 1 aliphatic rings. The quantitative estimate of drug-likeness (QED) is 0.372. The van der Waals surface area contributed by atoms with E-state index in [-0.39, 0.29) is 16.6 Å². The number of nitrogens with zero attached hydrogens (tertiary/aromatic N) is 2. The van der Waals surface area contributed by atoms with Crippen molar-refractivity contribution in [2.24, 2.45) is 0 Å². The van der Waals surface area contributed by atoms with Crippen molar-refractivity contribution in [3.63, 3.8) is 0 Å². The lowest BCUT2D eigenvalue weighted by Crippen LogP contribution is -2.36. The standard InChI is InChI=1S/C20H18N4O5S/c25-19(18-11-13-3-1-2-4-17(13)29-18)22-20(30)21-14-5-6-15(16(12-14)24(26)27)23-7-9-28-10-8-23/h1-6,11-12H,7-10H2,(H2,21,22,25,30). The van der Waals surface area contributed by atoms with E-state index < -0.39 is 10.8 Å². The third kappa shape index (κ3) is 4.24. The molecule has 154 valence electrons. The van der Waals surface area contributed by atoms with Gasteiger partial charge in [0.25, 0.3) is 11.6 Å². The molecule has 0 spiro atoms. The van der Waals surface area contributed by atoms with Gasteiger partial charge in [0.2, 0.25) is 0 Å².